The Kier molecular flexibility index (Phi) is 4.41. The molecule has 1 N–H and O–H groups in total. The van der Waals surface area contributed by atoms with Gasteiger partial charge in [-0.25, -0.2) is 0 Å². The van der Waals surface area contributed by atoms with Crippen LogP contribution in [0, 0.1) is 0 Å². The Morgan fingerprint density at radius 2 is 2.07 bits per heavy atom. The van der Waals surface area contributed by atoms with Gasteiger partial charge in [-0.1, -0.05) is 13.8 Å². The molecule has 0 saturated heterocycles. The predicted molar refractivity (Wildman–Crippen MR) is 64.3 cm³/mol. The summed E-state index contributed by atoms with van der Waals surface area (Å²) in [7, 11) is 2.02. The molecule has 0 aromatic carbocycles. The molecule has 0 fully saturated rings. The second-order valence-electron chi connectivity index (χ2n) is 2.89. The zero-order valence-electron chi connectivity index (χ0n) is 9.44. The first-order valence-corrected chi connectivity index (χ1v) is 5.15. The van der Waals surface area contributed by atoms with Crippen LogP contribution in [0.25, 0.3) is 12.2 Å². The summed E-state index contributed by atoms with van der Waals surface area (Å²) in [6.45, 7) is 4.00. The summed E-state index contributed by atoms with van der Waals surface area (Å²) < 4.78 is 2.06. The van der Waals surface area contributed by atoms with Crippen molar-refractivity contribution in [3.05, 3.63) is 42.0 Å². The van der Waals surface area contributed by atoms with Gasteiger partial charge in [0.2, 0.25) is 0 Å². The van der Waals surface area contributed by atoms with Crippen molar-refractivity contribution in [1.82, 2.24) is 14.8 Å². The molecule has 3 heteroatoms. The topological polar surface area (TPSA) is 33.6 Å². The Bertz CT molecular complexity index is 396. The zero-order valence-corrected chi connectivity index (χ0v) is 9.44. The van der Waals surface area contributed by atoms with Gasteiger partial charge >= 0.3 is 0 Å². The lowest BCUT2D eigenvalue weighted by Gasteiger charge is -1.94. The predicted octanol–water partition coefficient (Wildman–Crippen LogP) is 2.94. The number of nitrogens with one attached hydrogen (secondary N) is 1. The number of aromatic amines is 1. The van der Waals surface area contributed by atoms with Crippen LogP contribution in [0.15, 0.2) is 30.6 Å². The highest BCUT2D eigenvalue weighted by Gasteiger charge is 1.90. The van der Waals surface area contributed by atoms with Crippen LogP contribution in [-0.2, 0) is 7.05 Å². The Morgan fingerprint density at radius 3 is 2.60 bits per heavy atom. The minimum Gasteiger partial charge on any atom is -0.351 e. The third kappa shape index (κ3) is 3.13. The van der Waals surface area contributed by atoms with E-state index in [1.807, 2.05) is 51.4 Å². The second-order valence-corrected chi connectivity index (χ2v) is 2.89. The van der Waals surface area contributed by atoms with Gasteiger partial charge in [0.05, 0.1) is 5.69 Å². The number of hydrogen-bond acceptors (Lipinski definition) is 1. The van der Waals surface area contributed by atoms with E-state index in [-0.39, 0.29) is 0 Å². The first-order valence-electron chi connectivity index (χ1n) is 5.15. The fourth-order valence-corrected chi connectivity index (χ4v) is 1.18. The molecule has 2 aromatic heterocycles. The third-order valence-corrected chi connectivity index (χ3v) is 1.94. The van der Waals surface area contributed by atoms with Crippen molar-refractivity contribution >= 4 is 12.2 Å². The van der Waals surface area contributed by atoms with Gasteiger partial charge in [-0.15, -0.1) is 0 Å². The number of aromatic nitrogens is 3. The molecule has 0 amide bonds. The maximum atomic E-state index is 3.86. The van der Waals surface area contributed by atoms with Gasteiger partial charge < -0.3 is 4.57 Å². The van der Waals surface area contributed by atoms with Gasteiger partial charge in [0, 0.05) is 25.1 Å². The first kappa shape index (κ1) is 11.3. The number of aryl methyl sites for hydroxylation is 1. The largest absolute Gasteiger partial charge is 0.351 e. The molecule has 0 unspecified atom stereocenters. The van der Waals surface area contributed by atoms with Crippen LogP contribution in [0.2, 0.25) is 0 Å². The molecule has 2 aromatic rings. The van der Waals surface area contributed by atoms with Crippen LogP contribution in [-0.4, -0.2) is 14.8 Å². The molecule has 0 aliphatic heterocycles. The molecular formula is C12H17N3. The van der Waals surface area contributed by atoms with Crippen molar-refractivity contribution in [1.29, 1.82) is 0 Å². The Balaban J connectivity index is 0.000000531. The Labute approximate surface area is 90.4 Å². The molecular weight excluding hydrogens is 186 g/mol. The Morgan fingerprint density at radius 1 is 1.27 bits per heavy atom. The van der Waals surface area contributed by atoms with E-state index in [1.54, 1.807) is 6.20 Å². The summed E-state index contributed by atoms with van der Waals surface area (Å²) >= 11 is 0. The molecule has 80 valence electrons. The number of hydrogen-bond donors (Lipinski definition) is 1. The summed E-state index contributed by atoms with van der Waals surface area (Å²) in [6.07, 6.45) is 7.81. The van der Waals surface area contributed by atoms with Gasteiger partial charge in [-0.3, -0.25) is 5.10 Å². The highest BCUT2D eigenvalue weighted by Crippen LogP contribution is 2.05. The summed E-state index contributed by atoms with van der Waals surface area (Å²) in [5, 5.41) is 6.73. The average Bonchev–Trinajstić information content (AvgIpc) is 2.89. The van der Waals surface area contributed by atoms with Gasteiger partial charge in [-0.05, 0) is 30.4 Å². The van der Waals surface area contributed by atoms with Gasteiger partial charge in [0.25, 0.3) is 0 Å². The lowest BCUT2D eigenvalue weighted by Crippen LogP contribution is -1.86. The van der Waals surface area contributed by atoms with Gasteiger partial charge in [0.1, 0.15) is 0 Å². The Hall–Kier alpha value is -1.77. The molecule has 0 aliphatic carbocycles. The van der Waals surface area contributed by atoms with Crippen molar-refractivity contribution in [2.45, 2.75) is 13.8 Å². The quantitative estimate of drug-likeness (QED) is 0.800. The molecule has 0 atom stereocenters. The minimum absolute atomic E-state index is 1.02. The third-order valence-electron chi connectivity index (χ3n) is 1.94. The fraction of sp³-hybridized carbons (Fsp3) is 0.250. The molecule has 15 heavy (non-hydrogen) atoms. The number of nitrogens with zero attached hydrogens (tertiary/aromatic N) is 2. The van der Waals surface area contributed by atoms with E-state index in [4.69, 9.17) is 0 Å². The normalized spacial score (nSPS) is 10.1. The smallest absolute Gasteiger partial charge is 0.0578 e. The standard InChI is InChI=1S/C10H11N3.C2H6/c1-13-8-2-3-10(13)5-4-9-6-7-11-12-9;1-2/h2-8H,1H3,(H,11,12);1-2H3/b5-4+;. The van der Waals surface area contributed by atoms with E-state index >= 15 is 0 Å². The highest BCUT2D eigenvalue weighted by atomic mass is 15.1. The van der Waals surface area contributed by atoms with Crippen LogP contribution >= 0.6 is 0 Å². The lowest BCUT2D eigenvalue weighted by molar-refractivity contribution is 0.915. The van der Waals surface area contributed by atoms with Crippen LogP contribution < -0.4 is 0 Å². The van der Waals surface area contributed by atoms with Crippen molar-refractivity contribution < 1.29 is 0 Å². The fourth-order valence-electron chi connectivity index (χ4n) is 1.18. The van der Waals surface area contributed by atoms with Crippen LogP contribution in [0.1, 0.15) is 25.2 Å². The van der Waals surface area contributed by atoms with Gasteiger partial charge in [0.15, 0.2) is 0 Å². The van der Waals surface area contributed by atoms with Crippen molar-refractivity contribution in [3.8, 4) is 0 Å². The zero-order chi connectivity index (χ0) is 11.1. The van der Waals surface area contributed by atoms with E-state index in [1.165, 1.54) is 5.69 Å². The lowest BCUT2D eigenvalue weighted by atomic mass is 10.3. The van der Waals surface area contributed by atoms with E-state index in [0.29, 0.717) is 0 Å². The molecule has 0 aliphatic rings. The van der Waals surface area contributed by atoms with Crippen LogP contribution in [0.3, 0.4) is 0 Å². The van der Waals surface area contributed by atoms with Crippen LogP contribution in [0.4, 0.5) is 0 Å². The molecule has 0 spiro atoms. The molecule has 2 rings (SSSR count). The monoisotopic (exact) mass is 203 g/mol. The molecule has 3 nitrogen and oxygen atoms in total. The van der Waals surface area contributed by atoms with E-state index in [9.17, 15) is 0 Å². The van der Waals surface area contributed by atoms with E-state index in [2.05, 4.69) is 20.8 Å². The maximum absolute atomic E-state index is 3.86. The highest BCUT2D eigenvalue weighted by molar-refractivity contribution is 5.66. The minimum atomic E-state index is 1.02. The molecule has 0 bridgehead atoms. The summed E-state index contributed by atoms with van der Waals surface area (Å²) in [5.41, 5.74) is 2.19. The van der Waals surface area contributed by atoms with Crippen LogP contribution in [0.5, 0.6) is 0 Å². The summed E-state index contributed by atoms with van der Waals surface area (Å²) in [4.78, 5) is 0. The summed E-state index contributed by atoms with van der Waals surface area (Å²) in [5.74, 6) is 0. The molecule has 0 saturated carbocycles. The molecule has 0 radical (unpaired) electrons. The SMILES string of the molecule is CC.Cn1cccc1/C=C/c1ccn[nH]1. The summed E-state index contributed by atoms with van der Waals surface area (Å²) in [6, 6.07) is 6.01. The average molecular weight is 203 g/mol. The van der Waals surface area contributed by atoms with Crippen molar-refractivity contribution in [2.24, 2.45) is 7.05 Å². The molecule has 2 heterocycles. The second kappa shape index (κ2) is 5.86. The first-order chi connectivity index (χ1) is 7.36. The number of rotatable bonds is 2. The number of H-pyrrole nitrogens is 1. The van der Waals surface area contributed by atoms with Crippen molar-refractivity contribution in [2.75, 3.05) is 0 Å². The van der Waals surface area contributed by atoms with E-state index in [0.717, 1.165) is 5.69 Å². The maximum Gasteiger partial charge on any atom is 0.0578 e. The van der Waals surface area contributed by atoms with E-state index < -0.39 is 0 Å². The van der Waals surface area contributed by atoms with Gasteiger partial charge in [-0.2, -0.15) is 5.10 Å². The van der Waals surface area contributed by atoms with Crippen molar-refractivity contribution in [3.63, 3.8) is 0 Å².